The maximum absolute atomic E-state index is 5.67. The van der Waals surface area contributed by atoms with Crippen LogP contribution in [0.3, 0.4) is 0 Å². The van der Waals surface area contributed by atoms with Crippen LogP contribution >= 0.6 is 0 Å². The van der Waals surface area contributed by atoms with Crippen molar-refractivity contribution in [2.75, 3.05) is 38.8 Å². The van der Waals surface area contributed by atoms with E-state index in [2.05, 4.69) is 70.7 Å². The molecular formula is C22H23N3O2. The number of nitrogens with zero attached hydrogens (tertiary/aromatic N) is 2. The van der Waals surface area contributed by atoms with Crippen LogP contribution in [0.25, 0.3) is 5.57 Å². The first-order valence-electron chi connectivity index (χ1n) is 9.69. The average molecular weight is 361 g/mol. The monoisotopic (exact) mass is 361 g/mol. The fourth-order valence-electron chi connectivity index (χ4n) is 5.06. The van der Waals surface area contributed by atoms with Gasteiger partial charge in [-0.2, -0.15) is 0 Å². The molecule has 27 heavy (non-hydrogen) atoms. The van der Waals surface area contributed by atoms with E-state index >= 15 is 0 Å². The van der Waals surface area contributed by atoms with Gasteiger partial charge in [-0.3, -0.25) is 4.90 Å². The number of nitrogens with one attached hydrogen (secondary N) is 1. The molecule has 3 unspecified atom stereocenters. The zero-order chi connectivity index (χ0) is 18.0. The molecular weight excluding hydrogens is 338 g/mol. The normalized spacial score (nSPS) is 28.8. The van der Waals surface area contributed by atoms with Crippen LogP contribution in [-0.4, -0.2) is 55.4 Å². The lowest BCUT2D eigenvalue weighted by Crippen LogP contribution is -2.57. The van der Waals surface area contributed by atoms with Gasteiger partial charge in [0.2, 0.25) is 6.79 Å². The standard InChI is InChI=1S/C22H23N3O2/c1-24-8-9-25-15(12-24)11-17-16-4-2-3-5-18(16)23-21(17)22(25)14-6-7-19-20(10-14)27-13-26-19/h2-7,10-11,15,21-23H,8-9,12-13H2,1H3. The third-order valence-corrected chi connectivity index (χ3v) is 6.33. The van der Waals surface area contributed by atoms with Gasteiger partial charge in [-0.25, -0.2) is 0 Å². The van der Waals surface area contributed by atoms with Crippen LogP contribution < -0.4 is 14.8 Å². The lowest BCUT2D eigenvalue weighted by molar-refractivity contribution is 0.0668. The van der Waals surface area contributed by atoms with E-state index in [1.165, 1.54) is 22.4 Å². The number of benzene rings is 2. The van der Waals surface area contributed by atoms with Crippen LogP contribution in [0.2, 0.25) is 0 Å². The molecule has 0 amide bonds. The number of hydrogen-bond donors (Lipinski definition) is 1. The molecule has 2 aromatic carbocycles. The van der Waals surface area contributed by atoms with Crippen molar-refractivity contribution in [1.29, 1.82) is 0 Å². The number of rotatable bonds is 1. The number of piperazine rings is 1. The molecule has 5 heteroatoms. The SMILES string of the molecule is CN1CCN2C(C=C3c4ccccc4NC3C2c2ccc3c(c2)OCO3)C1. The Morgan fingerprint density at radius 3 is 2.89 bits per heavy atom. The predicted octanol–water partition coefficient (Wildman–Crippen LogP) is 2.96. The number of anilines is 1. The molecule has 0 saturated carbocycles. The van der Waals surface area contributed by atoms with E-state index in [1.807, 2.05) is 0 Å². The number of ether oxygens (including phenoxy) is 2. The molecule has 5 nitrogen and oxygen atoms in total. The van der Waals surface area contributed by atoms with E-state index in [1.54, 1.807) is 0 Å². The van der Waals surface area contributed by atoms with Gasteiger partial charge in [0, 0.05) is 36.9 Å². The Morgan fingerprint density at radius 2 is 1.93 bits per heavy atom. The largest absolute Gasteiger partial charge is 0.454 e. The molecule has 1 N–H and O–H groups in total. The summed E-state index contributed by atoms with van der Waals surface area (Å²) in [7, 11) is 2.22. The molecule has 6 rings (SSSR count). The highest BCUT2D eigenvalue weighted by molar-refractivity contribution is 5.88. The Labute approximate surface area is 159 Å². The minimum atomic E-state index is 0.266. The highest BCUT2D eigenvalue weighted by Crippen LogP contribution is 2.48. The van der Waals surface area contributed by atoms with Crippen LogP contribution in [-0.2, 0) is 0 Å². The predicted molar refractivity (Wildman–Crippen MR) is 105 cm³/mol. The van der Waals surface area contributed by atoms with Crippen molar-refractivity contribution in [2.45, 2.75) is 18.1 Å². The molecule has 4 heterocycles. The minimum absolute atomic E-state index is 0.266. The van der Waals surface area contributed by atoms with Gasteiger partial charge < -0.3 is 19.7 Å². The van der Waals surface area contributed by atoms with Crippen LogP contribution in [0.5, 0.6) is 11.5 Å². The average Bonchev–Trinajstić information content (AvgIpc) is 3.29. The summed E-state index contributed by atoms with van der Waals surface area (Å²) >= 11 is 0. The molecule has 4 aliphatic heterocycles. The van der Waals surface area contributed by atoms with Gasteiger partial charge in [-0.15, -0.1) is 0 Å². The molecule has 0 aromatic heterocycles. The second-order valence-electron chi connectivity index (χ2n) is 7.91. The summed E-state index contributed by atoms with van der Waals surface area (Å²) in [4.78, 5) is 5.09. The van der Waals surface area contributed by atoms with E-state index in [-0.39, 0.29) is 12.1 Å². The van der Waals surface area contributed by atoms with Gasteiger partial charge in [0.15, 0.2) is 11.5 Å². The van der Waals surface area contributed by atoms with Crippen molar-refractivity contribution < 1.29 is 9.47 Å². The first kappa shape index (κ1) is 15.5. The van der Waals surface area contributed by atoms with Gasteiger partial charge in [0.1, 0.15) is 0 Å². The smallest absolute Gasteiger partial charge is 0.231 e. The third kappa shape index (κ3) is 2.32. The Kier molecular flexibility index (Phi) is 3.31. The Bertz CT molecular complexity index is 941. The zero-order valence-corrected chi connectivity index (χ0v) is 15.4. The molecule has 2 aromatic rings. The van der Waals surface area contributed by atoms with E-state index in [0.29, 0.717) is 12.8 Å². The lowest BCUT2D eigenvalue weighted by Gasteiger charge is -2.48. The third-order valence-electron chi connectivity index (χ3n) is 6.33. The summed E-state index contributed by atoms with van der Waals surface area (Å²) in [5.41, 5.74) is 5.32. The van der Waals surface area contributed by atoms with Gasteiger partial charge >= 0.3 is 0 Å². The number of hydrogen-bond acceptors (Lipinski definition) is 5. The zero-order valence-electron chi connectivity index (χ0n) is 15.4. The second-order valence-corrected chi connectivity index (χ2v) is 7.91. The van der Waals surface area contributed by atoms with Crippen molar-refractivity contribution in [1.82, 2.24) is 9.80 Å². The van der Waals surface area contributed by atoms with Crippen molar-refractivity contribution in [3.63, 3.8) is 0 Å². The molecule has 1 saturated heterocycles. The molecule has 4 aliphatic rings. The van der Waals surface area contributed by atoms with Gasteiger partial charge in [-0.1, -0.05) is 30.3 Å². The van der Waals surface area contributed by atoms with E-state index in [4.69, 9.17) is 9.47 Å². The van der Waals surface area contributed by atoms with E-state index in [0.717, 1.165) is 31.1 Å². The molecule has 0 radical (unpaired) electrons. The molecule has 0 spiro atoms. The molecule has 3 atom stereocenters. The van der Waals surface area contributed by atoms with Crippen molar-refractivity contribution in [3.05, 3.63) is 59.7 Å². The summed E-state index contributed by atoms with van der Waals surface area (Å²) in [6, 6.07) is 16.1. The van der Waals surface area contributed by atoms with E-state index < -0.39 is 0 Å². The minimum Gasteiger partial charge on any atom is -0.454 e. The number of likely N-dealkylation sites (N-methyl/N-ethyl adjacent to an activating group) is 1. The molecule has 0 bridgehead atoms. The summed E-state index contributed by atoms with van der Waals surface area (Å²) in [6.07, 6.45) is 2.49. The maximum atomic E-state index is 5.67. The molecule has 0 aliphatic carbocycles. The number of para-hydroxylation sites is 1. The number of fused-ring (bicyclic) bond motifs is 5. The first-order chi connectivity index (χ1) is 13.3. The fraction of sp³-hybridized carbons (Fsp3) is 0.364. The Morgan fingerprint density at radius 1 is 1.04 bits per heavy atom. The van der Waals surface area contributed by atoms with Crippen LogP contribution in [0.4, 0.5) is 5.69 Å². The lowest BCUT2D eigenvalue weighted by atomic mass is 9.84. The van der Waals surface area contributed by atoms with Crippen LogP contribution in [0, 0.1) is 0 Å². The molecule has 138 valence electrons. The maximum Gasteiger partial charge on any atom is 0.231 e. The second kappa shape index (κ2) is 5.75. The summed E-state index contributed by atoms with van der Waals surface area (Å²) in [6.45, 7) is 3.55. The van der Waals surface area contributed by atoms with Gasteiger partial charge in [0.25, 0.3) is 0 Å². The topological polar surface area (TPSA) is 37.0 Å². The quantitative estimate of drug-likeness (QED) is 0.845. The van der Waals surface area contributed by atoms with Crippen LogP contribution in [0.1, 0.15) is 17.2 Å². The molecule has 1 fully saturated rings. The van der Waals surface area contributed by atoms with E-state index in [9.17, 15) is 0 Å². The first-order valence-corrected chi connectivity index (χ1v) is 9.69. The Hall–Kier alpha value is -2.50. The van der Waals surface area contributed by atoms with Crippen molar-refractivity contribution >= 4 is 11.3 Å². The summed E-state index contributed by atoms with van der Waals surface area (Å²) < 4.78 is 11.2. The van der Waals surface area contributed by atoms with Crippen molar-refractivity contribution in [2.24, 2.45) is 0 Å². The highest BCUT2D eigenvalue weighted by Gasteiger charge is 2.44. The highest BCUT2D eigenvalue weighted by atomic mass is 16.7. The summed E-state index contributed by atoms with van der Waals surface area (Å²) in [5.74, 6) is 1.72. The van der Waals surface area contributed by atoms with Gasteiger partial charge in [-0.05, 0) is 36.4 Å². The summed E-state index contributed by atoms with van der Waals surface area (Å²) in [5, 5.41) is 3.80. The Balaban J connectivity index is 1.47. The van der Waals surface area contributed by atoms with Crippen molar-refractivity contribution in [3.8, 4) is 11.5 Å². The van der Waals surface area contributed by atoms with Crippen LogP contribution in [0.15, 0.2) is 48.5 Å². The fourth-order valence-corrected chi connectivity index (χ4v) is 5.06. The van der Waals surface area contributed by atoms with Gasteiger partial charge in [0.05, 0.1) is 12.1 Å².